The van der Waals surface area contributed by atoms with E-state index in [-0.39, 0.29) is 17.0 Å². The highest BCUT2D eigenvalue weighted by molar-refractivity contribution is 6.08. The number of nitrogens with zero attached hydrogens (tertiary/aromatic N) is 3. The minimum atomic E-state index is -1.29. The van der Waals surface area contributed by atoms with Gasteiger partial charge in [-0.2, -0.15) is 0 Å². The summed E-state index contributed by atoms with van der Waals surface area (Å²) in [7, 11) is 0. The highest BCUT2D eigenvalue weighted by Gasteiger charge is 2.33. The summed E-state index contributed by atoms with van der Waals surface area (Å²) in [6.45, 7) is 11.5. The van der Waals surface area contributed by atoms with Crippen LogP contribution in [0.3, 0.4) is 0 Å². The third kappa shape index (κ3) is 5.99. The highest BCUT2D eigenvalue weighted by Crippen LogP contribution is 2.46. The van der Waals surface area contributed by atoms with Crippen LogP contribution in [0.1, 0.15) is 77.8 Å². The van der Waals surface area contributed by atoms with Gasteiger partial charge in [-0.15, -0.1) is 0 Å². The Morgan fingerprint density at radius 2 is 1.69 bits per heavy atom. The molecule has 8 rings (SSSR count). The van der Waals surface area contributed by atoms with E-state index in [4.69, 9.17) is 8.83 Å². The van der Waals surface area contributed by atoms with Crippen LogP contribution in [0.4, 0.5) is 11.4 Å². The van der Waals surface area contributed by atoms with Gasteiger partial charge in [-0.1, -0.05) is 18.2 Å². The van der Waals surface area contributed by atoms with Crippen molar-refractivity contribution in [1.29, 1.82) is 0 Å². The van der Waals surface area contributed by atoms with Crippen molar-refractivity contribution in [2.75, 3.05) is 49.1 Å². The molecule has 1 unspecified atom stereocenters. The van der Waals surface area contributed by atoms with E-state index in [1.807, 2.05) is 24.3 Å². The Hall–Kier alpha value is -5.90. The monoisotopic (exact) mass is 726 g/mol. The van der Waals surface area contributed by atoms with E-state index >= 15 is 0 Å². The predicted molar refractivity (Wildman–Crippen MR) is 211 cm³/mol. The zero-order valence-corrected chi connectivity index (χ0v) is 30.9. The summed E-state index contributed by atoms with van der Waals surface area (Å²) < 4.78 is 14.7. The average Bonchev–Trinajstić information content (AvgIpc) is 3.18. The van der Waals surface area contributed by atoms with Crippen LogP contribution in [0.5, 0.6) is 0 Å². The standard InChI is InChI=1S/C44H43N3O7/c1-4-45(5-2)28-13-15-32-37(24-28)53-38-25-29(14-16-33(38)39(32)30-10-7-8-11-31(30)42(48)49)46(6-3)20-17-26-18-21-47-19-9-12-34-40(47)35(26)22-27-23-36(43(50)51)44(52)54-41(27)34/h7-8,10-11,13-16,22-26H,4-6,9,12,17-21H2,1-3H3,(H-,48,49,50,51)/p+1. The molecule has 0 amide bonds. The molecule has 1 atom stereocenters. The third-order valence-electron chi connectivity index (χ3n) is 11.4. The number of fused-ring (bicyclic) bond motifs is 4. The molecule has 3 aliphatic heterocycles. The molecule has 0 bridgehead atoms. The van der Waals surface area contributed by atoms with Crippen LogP contribution in [-0.4, -0.2) is 61.4 Å². The van der Waals surface area contributed by atoms with Crippen molar-refractivity contribution in [2.45, 2.75) is 52.4 Å². The maximum atomic E-state index is 12.6. The van der Waals surface area contributed by atoms with E-state index in [1.54, 1.807) is 12.1 Å². The first-order valence-electron chi connectivity index (χ1n) is 19.0. The molecule has 0 saturated carbocycles. The van der Waals surface area contributed by atoms with Crippen LogP contribution < -0.4 is 25.4 Å². The molecule has 4 heterocycles. The molecule has 10 heteroatoms. The molecule has 4 aliphatic rings. The molecule has 3 aromatic carbocycles. The molecule has 10 nitrogen and oxygen atoms in total. The predicted octanol–water partition coefficient (Wildman–Crippen LogP) is 7.68. The number of anilines is 2. The molecule has 1 aliphatic carbocycles. The van der Waals surface area contributed by atoms with Crippen molar-refractivity contribution in [3.05, 3.63) is 111 Å². The molecule has 0 spiro atoms. The lowest BCUT2D eigenvalue weighted by molar-refractivity contribution is 0.0684. The number of benzene rings is 4. The quantitative estimate of drug-likeness (QED) is 0.0831. The zero-order chi connectivity index (χ0) is 37.7. The Bertz CT molecular complexity index is 2560. The minimum absolute atomic E-state index is 0.235. The Kier molecular flexibility index (Phi) is 9.21. The molecule has 276 valence electrons. The molecule has 4 aromatic rings. The first-order valence-corrected chi connectivity index (χ1v) is 19.0. The zero-order valence-electron chi connectivity index (χ0n) is 30.9. The summed E-state index contributed by atoms with van der Waals surface area (Å²) in [5.41, 5.74) is 6.98. The first-order chi connectivity index (χ1) is 26.2. The van der Waals surface area contributed by atoms with Crippen LogP contribution in [0, 0.1) is 0 Å². The van der Waals surface area contributed by atoms with E-state index in [9.17, 15) is 24.6 Å². The number of hydrogen-bond donors (Lipinski definition) is 2. The van der Waals surface area contributed by atoms with Crippen LogP contribution in [0.2, 0.25) is 0 Å². The van der Waals surface area contributed by atoms with Crippen molar-refractivity contribution < 1.29 is 28.6 Å². The molecule has 0 fully saturated rings. The second-order valence-corrected chi connectivity index (χ2v) is 14.3. The minimum Gasteiger partial charge on any atom is -0.478 e. The summed E-state index contributed by atoms with van der Waals surface area (Å²) >= 11 is 0. The lowest BCUT2D eigenvalue weighted by Gasteiger charge is -2.40. The fourth-order valence-corrected chi connectivity index (χ4v) is 8.77. The fraction of sp³-hybridized carbons (Fsp3) is 0.318. The molecule has 1 aromatic heterocycles. The number of carboxylic acid groups (broad SMARTS) is 2. The molecule has 0 radical (unpaired) electrons. The van der Waals surface area contributed by atoms with Crippen molar-refractivity contribution in [2.24, 2.45) is 0 Å². The summed E-state index contributed by atoms with van der Waals surface area (Å²) in [6, 6.07) is 23.1. The molecule has 2 N–H and O–H groups in total. The van der Waals surface area contributed by atoms with E-state index in [0.717, 1.165) is 104 Å². The van der Waals surface area contributed by atoms with Gasteiger partial charge in [0.25, 0.3) is 0 Å². The van der Waals surface area contributed by atoms with Gasteiger partial charge in [-0.05, 0) is 93.5 Å². The molecule has 0 saturated heterocycles. The number of carbonyl (C=O) groups is 2. The fourth-order valence-electron chi connectivity index (χ4n) is 8.77. The first kappa shape index (κ1) is 35.1. The van der Waals surface area contributed by atoms with Crippen molar-refractivity contribution in [1.82, 2.24) is 4.58 Å². The van der Waals surface area contributed by atoms with Gasteiger partial charge in [-0.3, -0.25) is 0 Å². The van der Waals surface area contributed by atoms with E-state index in [1.165, 1.54) is 11.6 Å². The maximum Gasteiger partial charge on any atom is 0.351 e. The second-order valence-electron chi connectivity index (χ2n) is 14.3. The van der Waals surface area contributed by atoms with E-state index in [0.29, 0.717) is 27.9 Å². The van der Waals surface area contributed by atoms with E-state index in [2.05, 4.69) is 65.5 Å². The normalized spacial score (nSPS) is 15.8. The number of aryl methyl sites for hydroxylation is 1. The van der Waals surface area contributed by atoms with Gasteiger partial charge in [0, 0.05) is 83.6 Å². The average molecular weight is 727 g/mol. The van der Waals surface area contributed by atoms with Gasteiger partial charge >= 0.3 is 17.6 Å². The third-order valence-corrected chi connectivity index (χ3v) is 11.4. The van der Waals surface area contributed by atoms with Gasteiger partial charge in [0.1, 0.15) is 35.6 Å². The van der Waals surface area contributed by atoms with Crippen molar-refractivity contribution in [3.63, 3.8) is 0 Å². The Morgan fingerprint density at radius 1 is 0.889 bits per heavy atom. The molecular formula is C44H44N3O7+. The van der Waals surface area contributed by atoms with Crippen LogP contribution >= 0.6 is 0 Å². The van der Waals surface area contributed by atoms with Crippen LogP contribution in [0.25, 0.3) is 44.4 Å². The Balaban J connectivity index is 1.23. The summed E-state index contributed by atoms with van der Waals surface area (Å²) in [5, 5.41) is 22.4. The Labute approximate surface area is 312 Å². The van der Waals surface area contributed by atoms with Gasteiger partial charge in [0.05, 0.1) is 11.6 Å². The van der Waals surface area contributed by atoms with Crippen LogP contribution in [0.15, 0.2) is 86.4 Å². The largest absolute Gasteiger partial charge is 0.478 e. The van der Waals surface area contributed by atoms with Crippen LogP contribution in [-0.2, 0) is 6.42 Å². The van der Waals surface area contributed by atoms with Gasteiger partial charge in [-0.25, -0.2) is 19.0 Å². The lowest BCUT2D eigenvalue weighted by atomic mass is 9.82. The SMILES string of the molecule is CCN(CC)c1ccc2c(-c3ccccc3C(=O)O)c3ccc(=[N+](CC)CCC4CCN5CCCc6c5c4cc4cc(C(=O)O)c(=O)oc64)cc-3oc2c1. The lowest BCUT2D eigenvalue weighted by Crippen LogP contribution is -2.37. The summed E-state index contributed by atoms with van der Waals surface area (Å²) in [5.74, 6) is -1.35. The number of aromatic carboxylic acids is 2. The maximum absolute atomic E-state index is 12.6. The number of carboxylic acids is 2. The topological polar surface area (TPSA) is 127 Å². The molecular weight excluding hydrogens is 682 g/mol. The van der Waals surface area contributed by atoms with Crippen molar-refractivity contribution in [3.8, 4) is 22.5 Å². The van der Waals surface area contributed by atoms with Gasteiger partial charge in [0.15, 0.2) is 0 Å². The smallest absolute Gasteiger partial charge is 0.351 e. The Morgan fingerprint density at radius 3 is 2.44 bits per heavy atom. The summed E-state index contributed by atoms with van der Waals surface area (Å²) in [6.07, 6.45) is 3.58. The van der Waals surface area contributed by atoms with Gasteiger partial charge < -0.3 is 28.8 Å². The number of hydrogen-bond acceptors (Lipinski definition) is 7. The van der Waals surface area contributed by atoms with E-state index < -0.39 is 17.6 Å². The number of rotatable bonds is 10. The highest BCUT2D eigenvalue weighted by atomic mass is 16.4. The van der Waals surface area contributed by atoms with Gasteiger partial charge in [0.2, 0.25) is 5.36 Å². The second kappa shape index (κ2) is 14.2. The molecule has 54 heavy (non-hydrogen) atoms. The summed E-state index contributed by atoms with van der Waals surface area (Å²) in [4.78, 5) is 41.5. The van der Waals surface area contributed by atoms with Crippen molar-refractivity contribution >= 4 is 45.3 Å².